The summed E-state index contributed by atoms with van der Waals surface area (Å²) in [6, 6.07) is 5.67. The minimum Gasteiger partial charge on any atom is -0.712 e. The predicted octanol–water partition coefficient (Wildman–Crippen LogP) is -0.130. The van der Waals surface area contributed by atoms with Crippen LogP contribution < -0.4 is 51.4 Å². The molecule has 0 aromatic carbocycles. The SMILES string of the molecule is C[CH-]C.[K+].[S-]Sc1ccccn1. The zero-order valence-corrected chi connectivity index (χ0v) is 12.4. The Morgan fingerprint density at radius 2 is 2.00 bits per heavy atom. The fourth-order valence-corrected chi connectivity index (χ4v) is 0.930. The molecule has 0 N–H and O–H groups in total. The maximum Gasteiger partial charge on any atom is 1.00 e. The normalized spacial score (nSPS) is 7.58. The first-order valence-electron chi connectivity index (χ1n) is 3.30. The molecule has 62 valence electrons. The van der Waals surface area contributed by atoms with Gasteiger partial charge in [-0.1, -0.05) is 6.07 Å². The van der Waals surface area contributed by atoms with Gasteiger partial charge in [0.05, 0.1) is 5.03 Å². The second-order valence-electron chi connectivity index (χ2n) is 1.83. The fraction of sp³-hybridized carbons (Fsp3) is 0.250. The van der Waals surface area contributed by atoms with Crippen LogP contribution in [0, 0.1) is 6.42 Å². The van der Waals surface area contributed by atoms with Gasteiger partial charge in [0.1, 0.15) is 0 Å². The summed E-state index contributed by atoms with van der Waals surface area (Å²) in [5.41, 5.74) is 0. The largest absolute Gasteiger partial charge is 1.00 e. The van der Waals surface area contributed by atoms with Crippen LogP contribution in [-0.2, 0) is 11.7 Å². The van der Waals surface area contributed by atoms with Crippen LogP contribution in [0.5, 0.6) is 0 Å². The molecule has 0 bridgehead atoms. The Kier molecular flexibility index (Phi) is 16.6. The van der Waals surface area contributed by atoms with Crippen molar-refractivity contribution >= 4 is 22.5 Å². The van der Waals surface area contributed by atoms with Crippen LogP contribution in [0.4, 0.5) is 0 Å². The van der Waals surface area contributed by atoms with E-state index in [1.54, 1.807) is 6.20 Å². The molecule has 1 rings (SSSR count). The summed E-state index contributed by atoms with van der Waals surface area (Å²) < 4.78 is 0. The third-order valence-electron chi connectivity index (χ3n) is 0.723. The number of aromatic nitrogens is 1. The van der Waals surface area contributed by atoms with E-state index in [9.17, 15) is 0 Å². The Morgan fingerprint density at radius 1 is 1.42 bits per heavy atom. The average molecular weight is 224 g/mol. The molecule has 0 atom stereocenters. The van der Waals surface area contributed by atoms with Gasteiger partial charge < -0.3 is 18.1 Å². The third kappa shape index (κ3) is 9.57. The van der Waals surface area contributed by atoms with E-state index < -0.39 is 0 Å². The topological polar surface area (TPSA) is 12.9 Å². The van der Waals surface area contributed by atoms with E-state index in [2.05, 4.69) is 16.6 Å². The molecule has 4 heteroatoms. The molecule has 1 heterocycles. The molecule has 0 spiro atoms. The summed E-state index contributed by atoms with van der Waals surface area (Å²) in [5.74, 6) is 0. The first-order chi connectivity index (χ1) is 5.35. The van der Waals surface area contributed by atoms with Gasteiger partial charge in [0.15, 0.2) is 0 Å². The first kappa shape index (κ1) is 15.9. The summed E-state index contributed by atoms with van der Waals surface area (Å²) in [6.07, 6.45) is 3.73. The number of hydrogen-bond acceptors (Lipinski definition) is 3. The van der Waals surface area contributed by atoms with Gasteiger partial charge in [-0.2, -0.15) is 13.8 Å². The van der Waals surface area contributed by atoms with Gasteiger partial charge in [-0.25, -0.2) is 0 Å². The average Bonchev–Trinajstić information content (AvgIpc) is 2.08. The maximum absolute atomic E-state index is 4.67. The van der Waals surface area contributed by atoms with Crippen molar-refractivity contribution in [1.82, 2.24) is 4.98 Å². The number of hydrogen-bond donors (Lipinski definition) is 0. The molecule has 1 aromatic rings. The van der Waals surface area contributed by atoms with Crippen molar-refractivity contribution in [1.29, 1.82) is 0 Å². The van der Waals surface area contributed by atoms with Gasteiger partial charge in [-0.05, 0) is 12.1 Å². The first-order valence-corrected chi connectivity index (χ1v) is 5.04. The van der Waals surface area contributed by atoms with Crippen LogP contribution in [0.25, 0.3) is 0 Å². The van der Waals surface area contributed by atoms with E-state index in [0.717, 1.165) is 5.03 Å². The molecule has 0 amide bonds. The third-order valence-corrected chi connectivity index (χ3v) is 1.65. The van der Waals surface area contributed by atoms with Crippen molar-refractivity contribution in [2.24, 2.45) is 0 Å². The standard InChI is InChI=1S/C5H5NS2.C3H7.K/c7-8-5-3-1-2-4-6-5;1-3-2;/h1-4,7H;3H,1-2H3;/q;-1;+1/p-1. The van der Waals surface area contributed by atoms with Gasteiger partial charge in [0.25, 0.3) is 0 Å². The summed E-state index contributed by atoms with van der Waals surface area (Å²) in [5, 5.41) is 0.891. The van der Waals surface area contributed by atoms with E-state index >= 15 is 0 Å². The zero-order valence-electron chi connectivity index (χ0n) is 7.65. The van der Waals surface area contributed by atoms with Crippen molar-refractivity contribution in [2.75, 3.05) is 0 Å². The van der Waals surface area contributed by atoms with Crippen LogP contribution in [0.1, 0.15) is 13.8 Å². The zero-order chi connectivity index (χ0) is 8.53. The van der Waals surface area contributed by atoms with Gasteiger partial charge in [0.2, 0.25) is 0 Å². The minimum atomic E-state index is 0. The van der Waals surface area contributed by atoms with E-state index in [0.29, 0.717) is 0 Å². The molecule has 0 radical (unpaired) electrons. The number of rotatable bonds is 1. The van der Waals surface area contributed by atoms with Crippen molar-refractivity contribution in [2.45, 2.75) is 18.9 Å². The van der Waals surface area contributed by atoms with Gasteiger partial charge in [0, 0.05) is 6.20 Å². The smallest absolute Gasteiger partial charge is 0.712 e. The van der Waals surface area contributed by atoms with Gasteiger partial charge in [-0.15, -0.1) is 0 Å². The van der Waals surface area contributed by atoms with Crippen molar-refractivity contribution in [3.63, 3.8) is 0 Å². The van der Waals surface area contributed by atoms with Crippen molar-refractivity contribution < 1.29 is 51.4 Å². The molecule has 12 heavy (non-hydrogen) atoms. The Hall–Kier alpha value is 1.49. The molecular formula is C8H11KNS2-. The van der Waals surface area contributed by atoms with Crippen molar-refractivity contribution in [3.8, 4) is 0 Å². The van der Waals surface area contributed by atoms with Crippen LogP contribution >= 0.6 is 10.8 Å². The van der Waals surface area contributed by atoms with E-state index in [1.165, 1.54) is 10.8 Å². The monoisotopic (exact) mass is 224 g/mol. The fourth-order valence-electron chi connectivity index (χ4n) is 0.396. The van der Waals surface area contributed by atoms with E-state index in [4.69, 9.17) is 0 Å². The Bertz CT molecular complexity index is 170. The molecule has 0 unspecified atom stereocenters. The second kappa shape index (κ2) is 12.5. The van der Waals surface area contributed by atoms with Gasteiger partial charge in [-0.3, -0.25) is 15.8 Å². The molecule has 1 aromatic heterocycles. The van der Waals surface area contributed by atoms with Crippen LogP contribution in [-0.4, -0.2) is 4.98 Å². The summed E-state index contributed by atoms with van der Waals surface area (Å²) in [7, 11) is 1.24. The molecular weight excluding hydrogens is 213 g/mol. The minimum absolute atomic E-state index is 0. The van der Waals surface area contributed by atoms with Crippen LogP contribution in [0.3, 0.4) is 0 Å². The Labute approximate surface area is 126 Å². The summed E-state index contributed by atoms with van der Waals surface area (Å²) in [6.45, 7) is 4.00. The van der Waals surface area contributed by atoms with Crippen LogP contribution in [0.2, 0.25) is 0 Å². The summed E-state index contributed by atoms with van der Waals surface area (Å²) in [4.78, 5) is 3.96. The molecule has 0 aliphatic carbocycles. The van der Waals surface area contributed by atoms with E-state index in [-0.39, 0.29) is 51.4 Å². The molecule has 1 nitrogen and oxygen atoms in total. The van der Waals surface area contributed by atoms with E-state index in [1.807, 2.05) is 38.5 Å². The second-order valence-corrected chi connectivity index (χ2v) is 2.91. The summed E-state index contributed by atoms with van der Waals surface area (Å²) >= 11 is 4.67. The molecule has 0 fully saturated rings. The maximum atomic E-state index is 4.67. The molecule has 0 aliphatic rings. The molecule has 0 saturated carbocycles. The molecule has 0 saturated heterocycles. The Balaban J connectivity index is 0. The predicted molar refractivity (Wildman–Crippen MR) is 53.1 cm³/mol. The number of pyridine rings is 1. The molecule has 0 aliphatic heterocycles. The number of nitrogens with zero attached hydrogens (tertiary/aromatic N) is 1. The van der Waals surface area contributed by atoms with Gasteiger partial charge >= 0.3 is 51.4 Å². The Morgan fingerprint density at radius 3 is 2.25 bits per heavy atom. The quantitative estimate of drug-likeness (QED) is 0.285. The van der Waals surface area contributed by atoms with Crippen molar-refractivity contribution in [3.05, 3.63) is 30.8 Å². The van der Waals surface area contributed by atoms with Crippen LogP contribution in [0.15, 0.2) is 29.4 Å².